The van der Waals surface area contributed by atoms with Crippen molar-refractivity contribution in [1.29, 1.82) is 0 Å². The number of aromatic nitrogens is 3. The van der Waals surface area contributed by atoms with E-state index in [9.17, 15) is 4.79 Å². The zero-order chi connectivity index (χ0) is 8.81. The average molecular weight is 168 g/mol. The van der Waals surface area contributed by atoms with Crippen molar-refractivity contribution in [1.82, 2.24) is 20.7 Å². The molecule has 0 saturated heterocycles. The molecule has 1 aromatic rings. The molecule has 0 saturated carbocycles. The Kier molecular flexibility index (Phi) is 3.40. The second kappa shape index (κ2) is 4.61. The van der Waals surface area contributed by atoms with Gasteiger partial charge >= 0.3 is 0 Å². The van der Waals surface area contributed by atoms with Gasteiger partial charge in [0.25, 0.3) is 0 Å². The highest BCUT2D eigenvalue weighted by molar-refractivity contribution is 5.56. The van der Waals surface area contributed by atoms with Crippen LogP contribution < -0.4 is 5.32 Å². The highest BCUT2D eigenvalue weighted by Gasteiger charge is 1.98. The minimum Gasteiger partial charge on any atom is -0.308 e. The maximum atomic E-state index is 10.2. The minimum atomic E-state index is -0.0862. The number of carbonyl (C=O) groups excluding carboxylic acids is 1. The molecule has 0 bridgehead atoms. The van der Waals surface area contributed by atoms with E-state index in [2.05, 4.69) is 20.7 Å². The summed E-state index contributed by atoms with van der Waals surface area (Å²) in [5, 5.41) is 13.1. The lowest BCUT2D eigenvalue weighted by Gasteiger charge is -2.03. The number of hydrogen-bond acceptors (Lipinski definition) is 4. The van der Waals surface area contributed by atoms with Crippen LogP contribution in [0.2, 0.25) is 0 Å². The van der Waals surface area contributed by atoms with Gasteiger partial charge in [0.2, 0.25) is 0 Å². The number of aldehydes is 1. The van der Waals surface area contributed by atoms with Gasteiger partial charge in [-0.25, -0.2) is 0 Å². The zero-order valence-corrected chi connectivity index (χ0v) is 6.95. The van der Waals surface area contributed by atoms with Crippen molar-refractivity contribution in [3.63, 3.8) is 0 Å². The Balaban J connectivity index is 2.15. The minimum absolute atomic E-state index is 0.0862. The van der Waals surface area contributed by atoms with E-state index >= 15 is 0 Å². The Labute approximate surface area is 70.6 Å². The van der Waals surface area contributed by atoms with Crippen LogP contribution in [0.15, 0.2) is 6.20 Å². The molecule has 0 fully saturated rings. The molecule has 1 heterocycles. The van der Waals surface area contributed by atoms with Crippen molar-refractivity contribution in [3.05, 3.63) is 11.9 Å². The molecule has 5 heteroatoms. The fourth-order valence-corrected chi connectivity index (χ4v) is 0.822. The SMILES string of the molecule is CC(C=O)NCCc1cn[nH]n1. The number of H-pyrrole nitrogens is 1. The summed E-state index contributed by atoms with van der Waals surface area (Å²) in [4.78, 5) is 10.2. The van der Waals surface area contributed by atoms with Gasteiger partial charge < -0.3 is 10.1 Å². The molecule has 1 unspecified atom stereocenters. The average Bonchev–Trinajstić information content (AvgIpc) is 2.57. The van der Waals surface area contributed by atoms with Crippen LogP contribution in [0, 0.1) is 0 Å². The molecule has 1 aromatic heterocycles. The maximum absolute atomic E-state index is 10.2. The molecule has 0 aliphatic heterocycles. The van der Waals surface area contributed by atoms with E-state index in [0.29, 0.717) is 0 Å². The maximum Gasteiger partial charge on any atom is 0.136 e. The number of aromatic amines is 1. The highest BCUT2D eigenvalue weighted by Crippen LogP contribution is 1.88. The second-order valence-corrected chi connectivity index (χ2v) is 2.59. The van der Waals surface area contributed by atoms with Gasteiger partial charge in [0.05, 0.1) is 17.9 Å². The van der Waals surface area contributed by atoms with Crippen molar-refractivity contribution >= 4 is 6.29 Å². The second-order valence-electron chi connectivity index (χ2n) is 2.59. The largest absolute Gasteiger partial charge is 0.308 e. The lowest BCUT2D eigenvalue weighted by atomic mass is 10.3. The fourth-order valence-electron chi connectivity index (χ4n) is 0.822. The van der Waals surface area contributed by atoms with Crippen molar-refractivity contribution in [2.75, 3.05) is 6.54 Å². The third kappa shape index (κ3) is 2.79. The molecule has 0 aromatic carbocycles. The van der Waals surface area contributed by atoms with Crippen molar-refractivity contribution < 1.29 is 4.79 Å². The number of carbonyl (C=O) groups is 1. The summed E-state index contributed by atoms with van der Waals surface area (Å²) in [6.45, 7) is 2.56. The summed E-state index contributed by atoms with van der Waals surface area (Å²) >= 11 is 0. The van der Waals surface area contributed by atoms with E-state index < -0.39 is 0 Å². The zero-order valence-electron chi connectivity index (χ0n) is 6.95. The number of hydrogen-bond donors (Lipinski definition) is 2. The van der Waals surface area contributed by atoms with E-state index in [4.69, 9.17) is 0 Å². The van der Waals surface area contributed by atoms with E-state index in [1.165, 1.54) is 0 Å². The molecule has 0 amide bonds. The lowest BCUT2D eigenvalue weighted by molar-refractivity contribution is -0.109. The predicted octanol–water partition coefficient (Wildman–Crippen LogP) is -0.476. The Morgan fingerprint density at radius 3 is 3.25 bits per heavy atom. The van der Waals surface area contributed by atoms with Gasteiger partial charge in [-0.1, -0.05) is 0 Å². The Morgan fingerprint density at radius 2 is 2.67 bits per heavy atom. The number of nitrogens with zero attached hydrogens (tertiary/aromatic N) is 2. The van der Waals surface area contributed by atoms with Crippen LogP contribution in [0.4, 0.5) is 0 Å². The molecule has 12 heavy (non-hydrogen) atoms. The first kappa shape index (κ1) is 8.86. The van der Waals surface area contributed by atoms with Crippen molar-refractivity contribution in [3.8, 4) is 0 Å². The monoisotopic (exact) mass is 168 g/mol. The van der Waals surface area contributed by atoms with Gasteiger partial charge in [0.15, 0.2) is 0 Å². The molecule has 0 spiro atoms. The molecule has 1 atom stereocenters. The summed E-state index contributed by atoms with van der Waals surface area (Å²) in [5.41, 5.74) is 0.903. The normalized spacial score (nSPS) is 12.8. The van der Waals surface area contributed by atoms with Gasteiger partial charge in [-0.15, -0.1) is 0 Å². The van der Waals surface area contributed by atoms with Crippen LogP contribution in [0.3, 0.4) is 0 Å². The molecule has 66 valence electrons. The summed E-state index contributed by atoms with van der Waals surface area (Å²) in [6, 6.07) is -0.0862. The predicted molar refractivity (Wildman–Crippen MR) is 43.6 cm³/mol. The summed E-state index contributed by atoms with van der Waals surface area (Å²) in [7, 11) is 0. The Morgan fingerprint density at radius 1 is 1.83 bits per heavy atom. The molecular formula is C7H12N4O. The molecule has 0 aliphatic carbocycles. The van der Waals surface area contributed by atoms with Crippen molar-refractivity contribution in [2.45, 2.75) is 19.4 Å². The van der Waals surface area contributed by atoms with Gasteiger partial charge in [0.1, 0.15) is 6.29 Å². The van der Waals surface area contributed by atoms with Gasteiger partial charge in [-0.2, -0.15) is 15.4 Å². The third-order valence-electron chi connectivity index (χ3n) is 1.52. The molecular weight excluding hydrogens is 156 g/mol. The van der Waals surface area contributed by atoms with Gasteiger partial charge in [-0.3, -0.25) is 0 Å². The van der Waals surface area contributed by atoms with Crippen LogP contribution in [-0.2, 0) is 11.2 Å². The summed E-state index contributed by atoms with van der Waals surface area (Å²) < 4.78 is 0. The lowest BCUT2D eigenvalue weighted by Crippen LogP contribution is -2.29. The Hall–Kier alpha value is -1.23. The first-order chi connectivity index (χ1) is 5.83. The van der Waals surface area contributed by atoms with Gasteiger partial charge in [-0.05, 0) is 6.92 Å². The van der Waals surface area contributed by atoms with Gasteiger partial charge in [0, 0.05) is 13.0 Å². The number of rotatable bonds is 5. The van der Waals surface area contributed by atoms with Crippen LogP contribution in [0.5, 0.6) is 0 Å². The van der Waals surface area contributed by atoms with Crippen molar-refractivity contribution in [2.24, 2.45) is 0 Å². The first-order valence-corrected chi connectivity index (χ1v) is 3.86. The molecule has 1 rings (SSSR count). The molecule has 5 nitrogen and oxygen atoms in total. The van der Waals surface area contributed by atoms with E-state index in [0.717, 1.165) is 24.9 Å². The highest BCUT2D eigenvalue weighted by atomic mass is 16.1. The number of nitrogens with one attached hydrogen (secondary N) is 2. The van der Waals surface area contributed by atoms with E-state index in [-0.39, 0.29) is 6.04 Å². The van der Waals surface area contributed by atoms with E-state index in [1.54, 1.807) is 6.20 Å². The Bertz CT molecular complexity index is 221. The van der Waals surface area contributed by atoms with Crippen LogP contribution in [0.1, 0.15) is 12.6 Å². The third-order valence-corrected chi connectivity index (χ3v) is 1.52. The van der Waals surface area contributed by atoms with Crippen LogP contribution in [0.25, 0.3) is 0 Å². The molecule has 0 radical (unpaired) electrons. The van der Waals surface area contributed by atoms with Crippen LogP contribution >= 0.6 is 0 Å². The van der Waals surface area contributed by atoms with Crippen LogP contribution in [-0.4, -0.2) is 34.3 Å². The topological polar surface area (TPSA) is 70.7 Å². The fraction of sp³-hybridized carbons (Fsp3) is 0.571. The smallest absolute Gasteiger partial charge is 0.136 e. The quantitative estimate of drug-likeness (QED) is 0.583. The molecule has 2 N–H and O–H groups in total. The summed E-state index contributed by atoms with van der Waals surface area (Å²) in [5.74, 6) is 0. The molecule has 0 aliphatic rings. The first-order valence-electron chi connectivity index (χ1n) is 3.86. The summed E-state index contributed by atoms with van der Waals surface area (Å²) in [6.07, 6.45) is 3.34. The standard InChI is InChI=1S/C7H12N4O/c1-6(5-12)8-3-2-7-4-9-11-10-7/h4-6,8H,2-3H2,1H3,(H,9,10,11). The van der Waals surface area contributed by atoms with E-state index in [1.807, 2.05) is 6.92 Å².